The second kappa shape index (κ2) is 5.43. The zero-order chi connectivity index (χ0) is 17.6. The van der Waals surface area contributed by atoms with Crippen molar-refractivity contribution in [1.82, 2.24) is 9.38 Å². The molecule has 0 aliphatic rings. The number of fused-ring (bicyclic) bond motifs is 1. The van der Waals surface area contributed by atoms with E-state index in [-0.39, 0.29) is 5.82 Å². The minimum Gasteiger partial charge on any atom is -0.443 e. The first-order valence-electron chi connectivity index (χ1n) is 6.93. The average molecular weight is 329 g/mol. The average Bonchev–Trinajstić information content (AvgIpc) is 2.72. The Kier molecular flexibility index (Phi) is 4.04. The van der Waals surface area contributed by atoms with Gasteiger partial charge in [0, 0.05) is 13.2 Å². The number of imidazole rings is 1. The number of nitrogens with zero attached hydrogens (tertiary/aromatic N) is 3. The highest BCUT2D eigenvalue weighted by Gasteiger charge is 2.31. The van der Waals surface area contributed by atoms with Crippen LogP contribution in [-0.4, -0.2) is 28.1 Å². The van der Waals surface area contributed by atoms with Gasteiger partial charge in [-0.05, 0) is 39.8 Å². The van der Waals surface area contributed by atoms with Gasteiger partial charge in [-0.25, -0.2) is 9.78 Å². The standard InChI is InChI=1S/C15H18F3N3O2/c1-9-12(20(5)13(22)23-14(2,3)4)19-11-7-6-10(8-21(9)11)15(16,17)18/h6-8H,1-5H3. The van der Waals surface area contributed by atoms with E-state index in [9.17, 15) is 18.0 Å². The molecule has 1 amide bonds. The molecule has 0 aliphatic carbocycles. The van der Waals surface area contributed by atoms with E-state index in [4.69, 9.17) is 4.74 Å². The number of aryl methyl sites for hydroxylation is 1. The molecule has 0 saturated carbocycles. The normalized spacial score (nSPS) is 12.5. The second-order valence-corrected chi connectivity index (χ2v) is 6.20. The lowest BCUT2D eigenvalue weighted by Crippen LogP contribution is -2.34. The number of anilines is 1. The largest absolute Gasteiger partial charge is 0.443 e. The summed E-state index contributed by atoms with van der Waals surface area (Å²) < 4.78 is 45.0. The van der Waals surface area contributed by atoms with Crippen molar-refractivity contribution in [3.8, 4) is 0 Å². The van der Waals surface area contributed by atoms with Gasteiger partial charge in [0.15, 0.2) is 5.82 Å². The fraction of sp³-hybridized carbons (Fsp3) is 0.467. The molecule has 0 N–H and O–H groups in total. The zero-order valence-corrected chi connectivity index (χ0v) is 13.5. The maximum atomic E-state index is 12.8. The minimum atomic E-state index is -4.44. The molecule has 2 aromatic rings. The number of pyridine rings is 1. The third-order valence-corrected chi connectivity index (χ3v) is 3.14. The van der Waals surface area contributed by atoms with Gasteiger partial charge in [-0.2, -0.15) is 13.2 Å². The van der Waals surface area contributed by atoms with Gasteiger partial charge in [0.2, 0.25) is 0 Å². The summed E-state index contributed by atoms with van der Waals surface area (Å²) in [5.41, 5.74) is -0.723. The first-order chi connectivity index (χ1) is 10.4. The summed E-state index contributed by atoms with van der Waals surface area (Å²) in [6.07, 6.45) is -4.10. The summed E-state index contributed by atoms with van der Waals surface area (Å²) in [7, 11) is 1.47. The smallest absolute Gasteiger partial charge is 0.417 e. The van der Waals surface area contributed by atoms with Crippen LogP contribution in [0.1, 0.15) is 32.0 Å². The number of amides is 1. The summed E-state index contributed by atoms with van der Waals surface area (Å²) in [5.74, 6) is 0.249. The monoisotopic (exact) mass is 329 g/mol. The van der Waals surface area contributed by atoms with Crippen molar-refractivity contribution < 1.29 is 22.7 Å². The highest BCUT2D eigenvalue weighted by molar-refractivity contribution is 5.87. The van der Waals surface area contributed by atoms with Crippen molar-refractivity contribution in [2.24, 2.45) is 0 Å². The lowest BCUT2D eigenvalue weighted by molar-refractivity contribution is -0.137. The van der Waals surface area contributed by atoms with Crippen LogP contribution in [0.5, 0.6) is 0 Å². The molecule has 126 valence electrons. The van der Waals surface area contributed by atoms with Gasteiger partial charge in [-0.3, -0.25) is 4.90 Å². The van der Waals surface area contributed by atoms with E-state index < -0.39 is 23.4 Å². The molecule has 2 aromatic heterocycles. The van der Waals surface area contributed by atoms with Gasteiger partial charge in [-0.15, -0.1) is 0 Å². The quantitative estimate of drug-likeness (QED) is 0.793. The van der Waals surface area contributed by atoms with Crippen molar-refractivity contribution in [1.29, 1.82) is 0 Å². The molecule has 0 bridgehead atoms. The van der Waals surface area contributed by atoms with Crippen LogP contribution < -0.4 is 4.90 Å². The molecule has 0 radical (unpaired) electrons. The number of ether oxygens (including phenoxy) is 1. The Bertz CT molecular complexity index is 745. The number of halogens is 3. The van der Waals surface area contributed by atoms with Crippen LogP contribution in [0.2, 0.25) is 0 Å². The summed E-state index contributed by atoms with van der Waals surface area (Å²) in [5, 5.41) is 0. The Morgan fingerprint density at radius 3 is 2.39 bits per heavy atom. The lowest BCUT2D eigenvalue weighted by atomic mass is 10.2. The molecule has 0 saturated heterocycles. The molecule has 0 aromatic carbocycles. The van der Waals surface area contributed by atoms with Gasteiger partial charge < -0.3 is 9.14 Å². The number of alkyl halides is 3. The maximum Gasteiger partial charge on any atom is 0.417 e. The number of aromatic nitrogens is 2. The number of carbonyl (C=O) groups is 1. The Balaban J connectivity index is 2.43. The maximum absolute atomic E-state index is 12.8. The molecule has 0 spiro atoms. The molecule has 2 heterocycles. The van der Waals surface area contributed by atoms with Crippen molar-refractivity contribution in [3.63, 3.8) is 0 Å². The van der Waals surface area contributed by atoms with E-state index in [2.05, 4.69) is 4.98 Å². The summed E-state index contributed by atoms with van der Waals surface area (Å²) in [6, 6.07) is 2.22. The van der Waals surface area contributed by atoms with Crippen molar-refractivity contribution in [3.05, 3.63) is 29.6 Å². The molecular formula is C15H18F3N3O2. The SMILES string of the molecule is Cc1c(N(C)C(=O)OC(C)(C)C)nc2ccc(C(F)(F)F)cn12. The number of carbonyl (C=O) groups excluding carboxylic acids is 1. The van der Waals surface area contributed by atoms with Crippen LogP contribution in [0, 0.1) is 6.92 Å². The zero-order valence-electron chi connectivity index (χ0n) is 13.5. The van der Waals surface area contributed by atoms with E-state index in [1.165, 1.54) is 22.4 Å². The number of hydrogen-bond acceptors (Lipinski definition) is 3. The first kappa shape index (κ1) is 17.1. The van der Waals surface area contributed by atoms with Crippen molar-refractivity contribution in [2.75, 3.05) is 11.9 Å². The van der Waals surface area contributed by atoms with Crippen LogP contribution in [0.4, 0.5) is 23.8 Å². The minimum absolute atomic E-state index is 0.249. The molecule has 0 aliphatic heterocycles. The van der Waals surface area contributed by atoms with Gasteiger partial charge in [-0.1, -0.05) is 0 Å². The van der Waals surface area contributed by atoms with Gasteiger partial charge >= 0.3 is 12.3 Å². The van der Waals surface area contributed by atoms with Crippen LogP contribution in [-0.2, 0) is 10.9 Å². The molecule has 0 unspecified atom stereocenters. The number of rotatable bonds is 1. The topological polar surface area (TPSA) is 46.8 Å². The van der Waals surface area contributed by atoms with Crippen molar-refractivity contribution >= 4 is 17.6 Å². The van der Waals surface area contributed by atoms with Gasteiger partial charge in [0.25, 0.3) is 0 Å². The van der Waals surface area contributed by atoms with E-state index in [1.54, 1.807) is 27.7 Å². The van der Waals surface area contributed by atoms with Crippen LogP contribution in [0.25, 0.3) is 5.65 Å². The third kappa shape index (κ3) is 3.57. The van der Waals surface area contributed by atoms with Crippen LogP contribution >= 0.6 is 0 Å². The Labute approximate surface area is 131 Å². The molecular weight excluding hydrogens is 311 g/mol. The lowest BCUT2D eigenvalue weighted by Gasteiger charge is -2.23. The van der Waals surface area contributed by atoms with Gasteiger partial charge in [0.05, 0.1) is 11.3 Å². The molecule has 2 rings (SSSR count). The highest BCUT2D eigenvalue weighted by Crippen LogP contribution is 2.31. The molecule has 0 fully saturated rings. The van der Waals surface area contributed by atoms with Crippen LogP contribution in [0.3, 0.4) is 0 Å². The van der Waals surface area contributed by atoms with E-state index in [0.717, 1.165) is 12.3 Å². The molecule has 8 heteroatoms. The van der Waals surface area contributed by atoms with Crippen LogP contribution in [0.15, 0.2) is 18.3 Å². The first-order valence-corrected chi connectivity index (χ1v) is 6.93. The summed E-state index contributed by atoms with van der Waals surface area (Å²) >= 11 is 0. The van der Waals surface area contributed by atoms with E-state index in [0.29, 0.717) is 11.3 Å². The Morgan fingerprint density at radius 2 is 1.87 bits per heavy atom. The Hall–Kier alpha value is -2.25. The number of hydrogen-bond donors (Lipinski definition) is 0. The van der Waals surface area contributed by atoms with E-state index in [1.807, 2.05) is 0 Å². The molecule has 5 nitrogen and oxygen atoms in total. The fourth-order valence-corrected chi connectivity index (χ4v) is 2.05. The summed E-state index contributed by atoms with van der Waals surface area (Å²) in [6.45, 7) is 6.77. The van der Waals surface area contributed by atoms with Gasteiger partial charge in [0.1, 0.15) is 11.2 Å². The predicted octanol–water partition coefficient (Wildman–Crippen LogP) is 4.03. The summed E-state index contributed by atoms with van der Waals surface area (Å²) in [4.78, 5) is 17.5. The Morgan fingerprint density at radius 1 is 1.26 bits per heavy atom. The van der Waals surface area contributed by atoms with E-state index >= 15 is 0 Å². The highest BCUT2D eigenvalue weighted by atomic mass is 19.4. The predicted molar refractivity (Wildman–Crippen MR) is 79.6 cm³/mol. The fourth-order valence-electron chi connectivity index (χ4n) is 2.05. The second-order valence-electron chi connectivity index (χ2n) is 6.20. The molecule has 0 atom stereocenters. The van der Waals surface area contributed by atoms with Crippen molar-refractivity contribution in [2.45, 2.75) is 39.5 Å². The third-order valence-electron chi connectivity index (χ3n) is 3.14. The molecule has 23 heavy (non-hydrogen) atoms.